The number of imidazole rings is 1. The average molecular weight is 377 g/mol. The summed E-state index contributed by atoms with van der Waals surface area (Å²) in [5.74, 6) is 0.858. The third-order valence-electron chi connectivity index (χ3n) is 5.14. The highest BCUT2D eigenvalue weighted by molar-refractivity contribution is 5.80. The van der Waals surface area contributed by atoms with Gasteiger partial charge in [0.25, 0.3) is 0 Å². The fraction of sp³-hybridized carbons (Fsp3) is 0.364. The summed E-state index contributed by atoms with van der Waals surface area (Å²) >= 11 is 0. The van der Waals surface area contributed by atoms with E-state index < -0.39 is 0 Å². The topological polar surface area (TPSA) is 57.0 Å². The molecule has 2 N–H and O–H groups in total. The normalized spacial score (nSPS) is 17.3. The Morgan fingerprint density at radius 1 is 1.18 bits per heavy atom. The van der Waals surface area contributed by atoms with Crippen molar-refractivity contribution in [3.05, 3.63) is 66.1 Å². The summed E-state index contributed by atoms with van der Waals surface area (Å²) in [6, 6.07) is 17.1. The van der Waals surface area contributed by atoms with Crippen molar-refractivity contribution >= 4 is 17.3 Å². The minimum Gasteiger partial charge on any atom is -0.369 e. The molecule has 0 saturated carbocycles. The predicted octanol–water partition coefficient (Wildman–Crippen LogP) is 2.98. The van der Waals surface area contributed by atoms with Gasteiger partial charge in [0.2, 0.25) is 0 Å². The molecule has 0 radical (unpaired) electrons. The van der Waals surface area contributed by atoms with Crippen LogP contribution in [0.3, 0.4) is 0 Å². The molecule has 1 aliphatic rings. The highest BCUT2D eigenvalue weighted by atomic mass is 15.2. The van der Waals surface area contributed by atoms with Crippen LogP contribution in [0, 0.1) is 6.92 Å². The van der Waals surface area contributed by atoms with Crippen LogP contribution in [0.2, 0.25) is 0 Å². The monoisotopic (exact) mass is 376 g/mol. The lowest BCUT2D eigenvalue weighted by Gasteiger charge is -2.20. The largest absolute Gasteiger partial charge is 0.369 e. The third-order valence-corrected chi connectivity index (χ3v) is 5.14. The fourth-order valence-corrected chi connectivity index (χ4v) is 3.70. The minimum absolute atomic E-state index is 0.390. The Hall–Kier alpha value is -3.02. The van der Waals surface area contributed by atoms with Gasteiger partial charge in [-0.05, 0) is 44.5 Å². The number of para-hydroxylation sites is 1. The van der Waals surface area contributed by atoms with Crippen molar-refractivity contribution in [2.45, 2.75) is 32.9 Å². The predicted molar refractivity (Wildman–Crippen MR) is 115 cm³/mol. The van der Waals surface area contributed by atoms with Crippen molar-refractivity contribution in [1.29, 1.82) is 0 Å². The van der Waals surface area contributed by atoms with Crippen LogP contribution in [-0.2, 0) is 6.54 Å². The van der Waals surface area contributed by atoms with Gasteiger partial charge in [0.1, 0.15) is 5.65 Å². The van der Waals surface area contributed by atoms with Gasteiger partial charge in [0.15, 0.2) is 5.96 Å². The lowest BCUT2D eigenvalue weighted by atomic mass is 10.3. The molecule has 146 valence electrons. The molecule has 3 aromatic rings. The molecule has 1 atom stereocenters. The number of guanidine groups is 1. The molecule has 0 spiro atoms. The highest BCUT2D eigenvalue weighted by Crippen LogP contribution is 2.19. The molecular weight excluding hydrogens is 348 g/mol. The molecule has 2 aromatic heterocycles. The number of fused-ring (bicyclic) bond motifs is 1. The molecule has 0 aliphatic carbocycles. The molecule has 6 heteroatoms. The highest BCUT2D eigenvalue weighted by Gasteiger charge is 2.23. The molecule has 28 heavy (non-hydrogen) atoms. The van der Waals surface area contributed by atoms with Crippen LogP contribution in [0.5, 0.6) is 0 Å². The van der Waals surface area contributed by atoms with Crippen LogP contribution in [0.15, 0.2) is 59.7 Å². The first-order valence-corrected chi connectivity index (χ1v) is 10.0. The molecule has 1 fully saturated rings. The van der Waals surface area contributed by atoms with Crippen molar-refractivity contribution in [3.63, 3.8) is 0 Å². The number of hydrogen-bond acceptors (Lipinski definition) is 3. The number of hydrogen-bond donors (Lipinski definition) is 2. The van der Waals surface area contributed by atoms with Gasteiger partial charge in [-0.25, -0.2) is 9.98 Å². The van der Waals surface area contributed by atoms with Gasteiger partial charge in [-0.1, -0.05) is 24.3 Å². The number of benzene rings is 1. The van der Waals surface area contributed by atoms with Gasteiger partial charge in [-0.15, -0.1) is 0 Å². The Kier molecular flexibility index (Phi) is 5.46. The second kappa shape index (κ2) is 8.33. The molecule has 1 saturated heterocycles. The molecule has 1 aromatic carbocycles. The second-order valence-electron chi connectivity index (χ2n) is 7.23. The van der Waals surface area contributed by atoms with E-state index in [1.165, 1.54) is 11.4 Å². The smallest absolute Gasteiger partial charge is 0.191 e. The summed E-state index contributed by atoms with van der Waals surface area (Å²) in [5, 5.41) is 6.96. The summed E-state index contributed by atoms with van der Waals surface area (Å²) in [6.45, 7) is 7.63. The molecular formula is C22H28N6. The average Bonchev–Trinajstić information content (AvgIpc) is 3.35. The first-order chi connectivity index (χ1) is 13.7. The SMILES string of the molecule is CCNC(=NCc1cn2c(C)cccc2n1)NC1CCN(c2ccccc2)C1. The van der Waals surface area contributed by atoms with E-state index in [1.807, 2.05) is 12.1 Å². The first-order valence-electron chi connectivity index (χ1n) is 10.0. The van der Waals surface area contributed by atoms with Crippen LogP contribution in [0.25, 0.3) is 5.65 Å². The standard InChI is InChI=1S/C22H28N6/c1-3-23-22(24-14-19-16-28-17(2)8-7-11-21(28)25-19)26-18-12-13-27(15-18)20-9-5-4-6-10-20/h4-11,16,18H,3,12-15H2,1-2H3,(H2,23,24,26). The van der Waals surface area contributed by atoms with Crippen molar-refractivity contribution in [3.8, 4) is 0 Å². The van der Waals surface area contributed by atoms with E-state index in [2.05, 4.69) is 81.4 Å². The second-order valence-corrected chi connectivity index (χ2v) is 7.23. The molecule has 4 rings (SSSR count). The lowest BCUT2D eigenvalue weighted by Crippen LogP contribution is -2.44. The van der Waals surface area contributed by atoms with E-state index in [1.54, 1.807) is 0 Å². The van der Waals surface area contributed by atoms with Crippen LogP contribution >= 0.6 is 0 Å². The number of anilines is 1. The maximum atomic E-state index is 4.77. The number of aliphatic imine (C=N–C) groups is 1. The van der Waals surface area contributed by atoms with Crippen LogP contribution in [0.4, 0.5) is 5.69 Å². The van der Waals surface area contributed by atoms with Gasteiger partial charge >= 0.3 is 0 Å². The van der Waals surface area contributed by atoms with E-state index in [0.29, 0.717) is 12.6 Å². The van der Waals surface area contributed by atoms with Gasteiger partial charge < -0.3 is 19.9 Å². The maximum absolute atomic E-state index is 4.77. The number of pyridine rings is 1. The summed E-state index contributed by atoms with van der Waals surface area (Å²) in [6.07, 6.45) is 3.18. The first kappa shape index (κ1) is 18.3. The maximum Gasteiger partial charge on any atom is 0.191 e. The zero-order chi connectivity index (χ0) is 19.3. The van der Waals surface area contributed by atoms with E-state index in [0.717, 1.165) is 43.4 Å². The lowest BCUT2D eigenvalue weighted by molar-refractivity contribution is 0.649. The summed E-state index contributed by atoms with van der Waals surface area (Å²) in [5.41, 5.74) is 4.41. The summed E-state index contributed by atoms with van der Waals surface area (Å²) in [4.78, 5) is 11.9. The summed E-state index contributed by atoms with van der Waals surface area (Å²) in [7, 11) is 0. The van der Waals surface area contributed by atoms with E-state index in [4.69, 9.17) is 4.99 Å². The third kappa shape index (κ3) is 4.11. The summed E-state index contributed by atoms with van der Waals surface area (Å²) < 4.78 is 2.11. The Morgan fingerprint density at radius 3 is 2.82 bits per heavy atom. The molecule has 0 amide bonds. The van der Waals surface area contributed by atoms with E-state index in [9.17, 15) is 0 Å². The van der Waals surface area contributed by atoms with Crippen LogP contribution in [0.1, 0.15) is 24.7 Å². The number of nitrogens with zero attached hydrogens (tertiary/aromatic N) is 4. The van der Waals surface area contributed by atoms with Crippen molar-refractivity contribution in [1.82, 2.24) is 20.0 Å². The van der Waals surface area contributed by atoms with Crippen LogP contribution < -0.4 is 15.5 Å². The number of aryl methyl sites for hydroxylation is 1. The van der Waals surface area contributed by atoms with E-state index >= 15 is 0 Å². The Labute approximate surface area is 166 Å². The van der Waals surface area contributed by atoms with Gasteiger partial charge in [-0.3, -0.25) is 0 Å². The number of aromatic nitrogens is 2. The Balaban J connectivity index is 1.41. The van der Waals surface area contributed by atoms with Gasteiger partial charge in [-0.2, -0.15) is 0 Å². The zero-order valence-corrected chi connectivity index (χ0v) is 16.6. The molecule has 1 unspecified atom stereocenters. The van der Waals surface area contributed by atoms with Crippen molar-refractivity contribution in [2.24, 2.45) is 4.99 Å². The van der Waals surface area contributed by atoms with E-state index in [-0.39, 0.29) is 0 Å². The molecule has 1 aliphatic heterocycles. The fourth-order valence-electron chi connectivity index (χ4n) is 3.70. The van der Waals surface area contributed by atoms with Gasteiger partial charge in [0, 0.05) is 43.3 Å². The molecule has 6 nitrogen and oxygen atoms in total. The van der Waals surface area contributed by atoms with Crippen molar-refractivity contribution in [2.75, 3.05) is 24.5 Å². The van der Waals surface area contributed by atoms with Crippen LogP contribution in [-0.4, -0.2) is 41.0 Å². The molecule has 0 bridgehead atoms. The zero-order valence-electron chi connectivity index (χ0n) is 16.6. The quantitative estimate of drug-likeness (QED) is 0.531. The minimum atomic E-state index is 0.390. The number of nitrogens with one attached hydrogen (secondary N) is 2. The molecule has 3 heterocycles. The Morgan fingerprint density at radius 2 is 2.04 bits per heavy atom. The van der Waals surface area contributed by atoms with Crippen molar-refractivity contribution < 1.29 is 0 Å². The Bertz CT molecular complexity index is 946. The number of rotatable bonds is 5. The van der Waals surface area contributed by atoms with Gasteiger partial charge in [0.05, 0.1) is 12.2 Å².